The van der Waals surface area contributed by atoms with Gasteiger partial charge in [-0.05, 0) is 48.7 Å². The van der Waals surface area contributed by atoms with Crippen LogP contribution in [0.5, 0.6) is 0 Å². The van der Waals surface area contributed by atoms with Gasteiger partial charge in [0.15, 0.2) is 0 Å². The Kier molecular flexibility index (Phi) is 4.39. The summed E-state index contributed by atoms with van der Waals surface area (Å²) in [4.78, 5) is 15.6. The Hall–Kier alpha value is -2.26. The molecule has 0 fully saturated rings. The zero-order chi connectivity index (χ0) is 16.4. The molecule has 4 heteroatoms. The molecule has 1 N–H and O–H groups in total. The summed E-state index contributed by atoms with van der Waals surface area (Å²) >= 11 is 5.99. The molecule has 23 heavy (non-hydrogen) atoms. The smallest absolute Gasteiger partial charge is 0.355 e. The van der Waals surface area contributed by atoms with Gasteiger partial charge in [0.25, 0.3) is 0 Å². The van der Waals surface area contributed by atoms with Gasteiger partial charge in [-0.1, -0.05) is 36.7 Å². The number of aromatic nitrogens is 1. The van der Waals surface area contributed by atoms with Crippen molar-refractivity contribution in [2.24, 2.45) is 0 Å². The van der Waals surface area contributed by atoms with Crippen LogP contribution in [0.4, 0.5) is 0 Å². The van der Waals surface area contributed by atoms with Gasteiger partial charge in [-0.25, -0.2) is 4.79 Å². The predicted octanol–water partition coefficient (Wildman–Crippen LogP) is 5.23. The standard InChI is InChI=1S/C19H18ClNO2/c1-3-12-5-10-16-15(11-12)17(13-6-8-14(20)9-7-13)18(21-16)19(22)23-4-2/h5-11,21H,3-4H2,1-2H3. The van der Waals surface area contributed by atoms with Crippen molar-refractivity contribution in [2.45, 2.75) is 20.3 Å². The molecule has 3 nitrogen and oxygen atoms in total. The van der Waals surface area contributed by atoms with E-state index in [4.69, 9.17) is 16.3 Å². The topological polar surface area (TPSA) is 42.1 Å². The maximum atomic E-state index is 12.4. The fourth-order valence-corrected chi connectivity index (χ4v) is 2.86. The first-order valence-electron chi connectivity index (χ1n) is 7.71. The number of esters is 1. The Morgan fingerprint density at radius 2 is 1.87 bits per heavy atom. The van der Waals surface area contributed by atoms with Crippen LogP contribution in [0.3, 0.4) is 0 Å². The minimum Gasteiger partial charge on any atom is -0.461 e. The lowest BCUT2D eigenvalue weighted by Crippen LogP contribution is -2.06. The van der Waals surface area contributed by atoms with Gasteiger partial charge in [-0.2, -0.15) is 0 Å². The van der Waals surface area contributed by atoms with Crippen molar-refractivity contribution in [1.29, 1.82) is 0 Å². The highest BCUT2D eigenvalue weighted by Gasteiger charge is 2.20. The third-order valence-electron chi connectivity index (χ3n) is 3.88. The Balaban J connectivity index is 2.27. The van der Waals surface area contributed by atoms with E-state index in [0.29, 0.717) is 17.3 Å². The zero-order valence-corrected chi connectivity index (χ0v) is 13.9. The first-order valence-corrected chi connectivity index (χ1v) is 8.09. The van der Waals surface area contributed by atoms with Gasteiger partial charge in [-0.15, -0.1) is 0 Å². The van der Waals surface area contributed by atoms with Crippen molar-refractivity contribution >= 4 is 28.5 Å². The van der Waals surface area contributed by atoms with Gasteiger partial charge in [0, 0.05) is 21.5 Å². The third kappa shape index (κ3) is 2.97. The van der Waals surface area contributed by atoms with Crippen LogP contribution in [0.15, 0.2) is 42.5 Å². The largest absolute Gasteiger partial charge is 0.461 e. The molecular weight excluding hydrogens is 310 g/mol. The second-order valence-corrected chi connectivity index (χ2v) is 5.77. The number of H-pyrrole nitrogens is 1. The van der Waals surface area contributed by atoms with Gasteiger partial charge in [-0.3, -0.25) is 0 Å². The van der Waals surface area contributed by atoms with Crippen LogP contribution >= 0.6 is 11.6 Å². The van der Waals surface area contributed by atoms with Gasteiger partial charge in [0.1, 0.15) is 5.69 Å². The second kappa shape index (κ2) is 6.47. The van der Waals surface area contributed by atoms with Crippen molar-refractivity contribution in [3.8, 4) is 11.1 Å². The Labute approximate surface area is 140 Å². The number of nitrogens with one attached hydrogen (secondary N) is 1. The average Bonchev–Trinajstić information content (AvgIpc) is 2.94. The molecule has 0 aliphatic rings. The highest BCUT2D eigenvalue weighted by molar-refractivity contribution is 6.30. The Bertz CT molecular complexity index is 850. The molecule has 0 amide bonds. The molecule has 0 spiro atoms. The number of aromatic amines is 1. The van der Waals surface area contributed by atoms with Crippen LogP contribution in [0.25, 0.3) is 22.0 Å². The fourth-order valence-electron chi connectivity index (χ4n) is 2.73. The predicted molar refractivity (Wildman–Crippen MR) is 94.1 cm³/mol. The normalized spacial score (nSPS) is 10.9. The van der Waals surface area contributed by atoms with Gasteiger partial charge in [0.2, 0.25) is 0 Å². The maximum Gasteiger partial charge on any atom is 0.355 e. The first kappa shape index (κ1) is 15.6. The molecule has 3 rings (SSSR count). The lowest BCUT2D eigenvalue weighted by atomic mass is 10.00. The summed E-state index contributed by atoms with van der Waals surface area (Å²) in [6, 6.07) is 13.7. The van der Waals surface area contributed by atoms with E-state index in [-0.39, 0.29) is 5.97 Å². The van der Waals surface area contributed by atoms with E-state index in [2.05, 4.69) is 24.0 Å². The van der Waals surface area contributed by atoms with Crippen LogP contribution < -0.4 is 0 Å². The van der Waals surface area contributed by atoms with Crippen molar-refractivity contribution in [3.05, 3.63) is 58.7 Å². The van der Waals surface area contributed by atoms with Gasteiger partial charge < -0.3 is 9.72 Å². The molecule has 0 bridgehead atoms. The highest BCUT2D eigenvalue weighted by atomic mass is 35.5. The molecule has 0 saturated heterocycles. The lowest BCUT2D eigenvalue weighted by molar-refractivity contribution is 0.0521. The molecule has 1 heterocycles. The molecule has 2 aromatic carbocycles. The van der Waals surface area contributed by atoms with Crippen LogP contribution in [-0.4, -0.2) is 17.6 Å². The monoisotopic (exact) mass is 327 g/mol. The molecule has 3 aromatic rings. The summed E-state index contributed by atoms with van der Waals surface area (Å²) in [5.41, 5.74) is 4.44. The summed E-state index contributed by atoms with van der Waals surface area (Å²) in [7, 11) is 0. The molecular formula is C19H18ClNO2. The molecule has 118 valence electrons. The number of benzene rings is 2. The SMILES string of the molecule is CCOC(=O)c1[nH]c2ccc(CC)cc2c1-c1ccc(Cl)cc1. The van der Waals surface area contributed by atoms with E-state index in [0.717, 1.165) is 28.5 Å². The number of ether oxygens (including phenoxy) is 1. The number of aryl methyl sites for hydroxylation is 1. The van der Waals surface area contributed by atoms with Crippen LogP contribution in [0, 0.1) is 0 Å². The maximum absolute atomic E-state index is 12.4. The van der Waals surface area contributed by atoms with E-state index in [1.165, 1.54) is 5.56 Å². The van der Waals surface area contributed by atoms with E-state index >= 15 is 0 Å². The lowest BCUT2D eigenvalue weighted by Gasteiger charge is -2.06. The average molecular weight is 328 g/mol. The Morgan fingerprint density at radius 3 is 2.52 bits per heavy atom. The summed E-state index contributed by atoms with van der Waals surface area (Å²) in [6.45, 7) is 4.26. The first-order chi connectivity index (χ1) is 11.1. The molecule has 1 aromatic heterocycles. The number of hydrogen-bond acceptors (Lipinski definition) is 2. The van der Waals surface area contributed by atoms with E-state index in [9.17, 15) is 4.79 Å². The number of halogens is 1. The van der Waals surface area contributed by atoms with Crippen molar-refractivity contribution in [1.82, 2.24) is 4.98 Å². The molecule has 0 atom stereocenters. The quantitative estimate of drug-likeness (QED) is 0.667. The Morgan fingerprint density at radius 1 is 1.13 bits per heavy atom. The van der Waals surface area contributed by atoms with Crippen molar-refractivity contribution in [3.63, 3.8) is 0 Å². The molecule has 0 unspecified atom stereocenters. The van der Waals surface area contributed by atoms with Crippen LogP contribution in [0.1, 0.15) is 29.9 Å². The van der Waals surface area contributed by atoms with E-state index in [1.54, 1.807) is 6.92 Å². The summed E-state index contributed by atoms with van der Waals surface area (Å²) in [6.07, 6.45) is 0.940. The number of fused-ring (bicyclic) bond motifs is 1. The number of carbonyl (C=O) groups excluding carboxylic acids is 1. The number of carbonyl (C=O) groups is 1. The molecule has 0 aliphatic heterocycles. The zero-order valence-electron chi connectivity index (χ0n) is 13.2. The summed E-state index contributed by atoms with van der Waals surface area (Å²) < 4.78 is 5.20. The summed E-state index contributed by atoms with van der Waals surface area (Å²) in [5.74, 6) is -0.341. The van der Waals surface area contributed by atoms with Crippen LogP contribution in [0.2, 0.25) is 5.02 Å². The molecule has 0 radical (unpaired) electrons. The number of rotatable bonds is 4. The third-order valence-corrected chi connectivity index (χ3v) is 4.14. The van der Waals surface area contributed by atoms with Gasteiger partial charge in [0.05, 0.1) is 6.61 Å². The minimum absolute atomic E-state index is 0.341. The van der Waals surface area contributed by atoms with Crippen molar-refractivity contribution in [2.75, 3.05) is 6.61 Å². The van der Waals surface area contributed by atoms with Crippen molar-refractivity contribution < 1.29 is 9.53 Å². The molecule has 0 aliphatic carbocycles. The van der Waals surface area contributed by atoms with Gasteiger partial charge >= 0.3 is 5.97 Å². The van der Waals surface area contributed by atoms with Crippen LogP contribution in [-0.2, 0) is 11.2 Å². The highest BCUT2D eigenvalue weighted by Crippen LogP contribution is 2.34. The second-order valence-electron chi connectivity index (χ2n) is 5.34. The summed E-state index contributed by atoms with van der Waals surface area (Å²) in [5, 5.41) is 1.69. The molecule has 0 saturated carbocycles. The fraction of sp³-hybridized carbons (Fsp3) is 0.211. The number of hydrogen-bond donors (Lipinski definition) is 1. The van der Waals surface area contributed by atoms with E-state index in [1.807, 2.05) is 30.3 Å². The minimum atomic E-state index is -0.341. The van der Waals surface area contributed by atoms with E-state index < -0.39 is 0 Å².